The third kappa shape index (κ3) is 5.49. The standard InChI is InChI=1S/C22H19F3N2O3S/c1-2-31(29,30)18-11-5-15(6-12-18)14-20(28)27-17-9-7-16(8-10-17)21-19(22(23,24)25)4-3-13-26-21/h3-13H,2,14H2,1H3,(H,27,28). The molecular weight excluding hydrogens is 429 g/mol. The summed E-state index contributed by atoms with van der Waals surface area (Å²) in [5, 5.41) is 2.67. The van der Waals surface area contributed by atoms with Crippen LogP contribution in [0.5, 0.6) is 0 Å². The minimum atomic E-state index is -4.53. The molecule has 2 aromatic carbocycles. The molecule has 0 spiro atoms. The molecule has 1 heterocycles. The maximum Gasteiger partial charge on any atom is 0.418 e. The van der Waals surface area contributed by atoms with Gasteiger partial charge < -0.3 is 5.32 Å². The van der Waals surface area contributed by atoms with E-state index in [0.29, 0.717) is 11.3 Å². The number of hydrogen-bond donors (Lipinski definition) is 1. The van der Waals surface area contributed by atoms with Crippen LogP contribution in [0.3, 0.4) is 0 Å². The number of nitrogens with one attached hydrogen (secondary N) is 1. The first-order chi connectivity index (χ1) is 14.6. The number of rotatable bonds is 6. The predicted octanol–water partition coefficient (Wildman–Crippen LogP) is 4.74. The van der Waals surface area contributed by atoms with E-state index in [9.17, 15) is 26.4 Å². The van der Waals surface area contributed by atoms with E-state index in [-0.39, 0.29) is 34.2 Å². The number of carbonyl (C=O) groups excluding carboxylic acids is 1. The molecule has 0 saturated heterocycles. The van der Waals surface area contributed by atoms with E-state index in [0.717, 1.165) is 6.07 Å². The Balaban J connectivity index is 1.69. The molecular formula is C22H19F3N2O3S. The molecule has 31 heavy (non-hydrogen) atoms. The summed E-state index contributed by atoms with van der Waals surface area (Å²) in [6, 6.07) is 14.2. The summed E-state index contributed by atoms with van der Waals surface area (Å²) in [4.78, 5) is 16.3. The van der Waals surface area contributed by atoms with Gasteiger partial charge in [0.1, 0.15) is 0 Å². The fourth-order valence-corrected chi connectivity index (χ4v) is 3.83. The first kappa shape index (κ1) is 22.5. The van der Waals surface area contributed by atoms with Crippen molar-refractivity contribution in [3.63, 3.8) is 0 Å². The van der Waals surface area contributed by atoms with Crippen molar-refractivity contribution < 1.29 is 26.4 Å². The van der Waals surface area contributed by atoms with Crippen molar-refractivity contribution in [1.82, 2.24) is 4.98 Å². The quantitative estimate of drug-likeness (QED) is 0.591. The number of amides is 1. The van der Waals surface area contributed by atoms with Gasteiger partial charge in [-0.25, -0.2) is 8.42 Å². The van der Waals surface area contributed by atoms with Crippen LogP contribution in [0.25, 0.3) is 11.3 Å². The number of aromatic nitrogens is 1. The Morgan fingerprint density at radius 3 is 2.23 bits per heavy atom. The van der Waals surface area contributed by atoms with Crippen molar-refractivity contribution in [3.8, 4) is 11.3 Å². The lowest BCUT2D eigenvalue weighted by atomic mass is 10.0. The van der Waals surface area contributed by atoms with Crippen LogP contribution in [0.15, 0.2) is 71.8 Å². The molecule has 1 N–H and O–H groups in total. The third-order valence-corrected chi connectivity index (χ3v) is 6.33. The van der Waals surface area contributed by atoms with Crippen molar-refractivity contribution in [2.75, 3.05) is 11.1 Å². The highest BCUT2D eigenvalue weighted by Crippen LogP contribution is 2.35. The molecule has 1 amide bonds. The summed E-state index contributed by atoms with van der Waals surface area (Å²) in [5.74, 6) is -0.348. The molecule has 0 unspecified atom stereocenters. The van der Waals surface area contributed by atoms with Crippen molar-refractivity contribution >= 4 is 21.4 Å². The first-order valence-corrected chi connectivity index (χ1v) is 11.0. The number of sulfone groups is 1. The normalized spacial score (nSPS) is 11.9. The molecule has 1 aromatic heterocycles. The molecule has 3 aromatic rings. The summed E-state index contributed by atoms with van der Waals surface area (Å²) in [5.41, 5.74) is 0.310. The summed E-state index contributed by atoms with van der Waals surface area (Å²) in [6.07, 6.45) is -3.22. The van der Waals surface area contributed by atoms with Crippen LogP contribution in [0, 0.1) is 0 Å². The zero-order chi connectivity index (χ0) is 22.6. The minimum absolute atomic E-state index is 0.00814. The van der Waals surface area contributed by atoms with E-state index in [1.807, 2.05) is 0 Å². The number of anilines is 1. The van der Waals surface area contributed by atoms with Gasteiger partial charge in [0.05, 0.1) is 28.3 Å². The van der Waals surface area contributed by atoms with Gasteiger partial charge in [0, 0.05) is 17.4 Å². The number of hydrogen-bond acceptors (Lipinski definition) is 4. The average molecular weight is 448 g/mol. The van der Waals surface area contributed by atoms with Crippen molar-refractivity contribution in [2.45, 2.75) is 24.4 Å². The molecule has 0 radical (unpaired) electrons. The number of nitrogens with zero attached hydrogens (tertiary/aromatic N) is 1. The summed E-state index contributed by atoms with van der Waals surface area (Å²) < 4.78 is 63.2. The van der Waals surface area contributed by atoms with Gasteiger partial charge in [0.2, 0.25) is 5.91 Å². The Kier molecular flexibility index (Phi) is 6.45. The lowest BCUT2D eigenvalue weighted by Crippen LogP contribution is -2.14. The second-order valence-corrected chi connectivity index (χ2v) is 9.03. The third-order valence-electron chi connectivity index (χ3n) is 4.58. The maximum absolute atomic E-state index is 13.2. The molecule has 3 rings (SSSR count). The monoisotopic (exact) mass is 448 g/mol. The van der Waals surface area contributed by atoms with Crippen LogP contribution in [-0.4, -0.2) is 25.1 Å². The zero-order valence-corrected chi connectivity index (χ0v) is 17.3. The van der Waals surface area contributed by atoms with Gasteiger partial charge in [-0.05, 0) is 42.0 Å². The zero-order valence-electron chi connectivity index (χ0n) is 16.5. The molecule has 162 valence electrons. The van der Waals surface area contributed by atoms with Crippen molar-refractivity contribution in [3.05, 3.63) is 78.0 Å². The molecule has 9 heteroatoms. The van der Waals surface area contributed by atoms with Crippen molar-refractivity contribution in [1.29, 1.82) is 0 Å². The second kappa shape index (κ2) is 8.89. The number of carbonyl (C=O) groups is 1. The smallest absolute Gasteiger partial charge is 0.326 e. The number of pyridine rings is 1. The molecule has 0 aliphatic carbocycles. The van der Waals surface area contributed by atoms with E-state index < -0.39 is 21.6 Å². The van der Waals surface area contributed by atoms with Gasteiger partial charge in [0.15, 0.2) is 9.84 Å². The summed E-state index contributed by atoms with van der Waals surface area (Å²) in [7, 11) is -3.31. The van der Waals surface area contributed by atoms with Crippen LogP contribution in [0.1, 0.15) is 18.1 Å². The number of alkyl halides is 3. The van der Waals surface area contributed by atoms with Gasteiger partial charge in [-0.3, -0.25) is 9.78 Å². The molecule has 0 atom stereocenters. The molecule has 0 aliphatic heterocycles. The first-order valence-electron chi connectivity index (χ1n) is 9.34. The highest BCUT2D eigenvalue weighted by atomic mass is 32.2. The Bertz CT molecular complexity index is 1170. The van der Waals surface area contributed by atoms with E-state index in [2.05, 4.69) is 10.3 Å². The molecule has 0 bridgehead atoms. The van der Waals surface area contributed by atoms with Gasteiger partial charge in [0.25, 0.3) is 0 Å². The second-order valence-electron chi connectivity index (χ2n) is 6.75. The van der Waals surface area contributed by atoms with Crippen molar-refractivity contribution in [2.24, 2.45) is 0 Å². The van der Waals surface area contributed by atoms with Crippen LogP contribution in [0.2, 0.25) is 0 Å². The van der Waals surface area contributed by atoms with E-state index >= 15 is 0 Å². The fourth-order valence-electron chi connectivity index (χ4n) is 2.95. The van der Waals surface area contributed by atoms with Gasteiger partial charge in [-0.15, -0.1) is 0 Å². The van der Waals surface area contributed by atoms with Crippen LogP contribution in [-0.2, 0) is 27.2 Å². The molecule has 0 saturated carbocycles. The summed E-state index contributed by atoms with van der Waals surface area (Å²) >= 11 is 0. The Morgan fingerprint density at radius 1 is 1.00 bits per heavy atom. The highest BCUT2D eigenvalue weighted by molar-refractivity contribution is 7.91. The van der Waals surface area contributed by atoms with E-state index in [4.69, 9.17) is 0 Å². The van der Waals surface area contributed by atoms with Gasteiger partial charge in [-0.2, -0.15) is 13.2 Å². The number of halogens is 3. The fraction of sp³-hybridized carbons (Fsp3) is 0.182. The van der Waals surface area contributed by atoms with Gasteiger partial charge in [-0.1, -0.05) is 31.2 Å². The van der Waals surface area contributed by atoms with Crippen LogP contribution < -0.4 is 5.32 Å². The Hall–Kier alpha value is -3.20. The average Bonchev–Trinajstić information content (AvgIpc) is 2.74. The lowest BCUT2D eigenvalue weighted by Gasteiger charge is -2.12. The lowest BCUT2D eigenvalue weighted by molar-refractivity contribution is -0.137. The Labute approximate surface area is 177 Å². The Morgan fingerprint density at radius 2 is 1.65 bits per heavy atom. The van der Waals surface area contributed by atoms with Crippen LogP contribution in [0.4, 0.5) is 18.9 Å². The number of benzene rings is 2. The van der Waals surface area contributed by atoms with E-state index in [1.54, 1.807) is 19.1 Å². The van der Waals surface area contributed by atoms with E-state index in [1.165, 1.54) is 48.7 Å². The minimum Gasteiger partial charge on any atom is -0.326 e. The SMILES string of the molecule is CCS(=O)(=O)c1ccc(CC(=O)Nc2ccc(-c3ncccc3C(F)(F)F)cc2)cc1. The van der Waals surface area contributed by atoms with Crippen LogP contribution >= 0.6 is 0 Å². The maximum atomic E-state index is 13.2. The van der Waals surface area contributed by atoms with Gasteiger partial charge >= 0.3 is 6.18 Å². The molecule has 0 fully saturated rings. The largest absolute Gasteiger partial charge is 0.418 e. The topological polar surface area (TPSA) is 76.1 Å². The summed E-state index contributed by atoms with van der Waals surface area (Å²) in [6.45, 7) is 1.56. The molecule has 5 nitrogen and oxygen atoms in total. The highest BCUT2D eigenvalue weighted by Gasteiger charge is 2.34. The predicted molar refractivity (Wildman–Crippen MR) is 111 cm³/mol. The molecule has 0 aliphatic rings.